The molecule has 2 aromatic carbocycles. The Kier molecular flexibility index (Phi) is 8.08. The summed E-state index contributed by atoms with van der Waals surface area (Å²) in [5, 5.41) is 12.5. The third kappa shape index (κ3) is 7.04. The Balaban J connectivity index is 0.00000338. The number of ether oxygens (including phenoxy) is 1. The fraction of sp³-hybridized carbons (Fsp3) is 0.188. The number of nitrogens with two attached hydrogens (primary N) is 1. The van der Waals surface area contributed by atoms with E-state index in [0.29, 0.717) is 5.69 Å². The van der Waals surface area contributed by atoms with Gasteiger partial charge in [-0.1, -0.05) is 18.2 Å². The number of aliphatic hydroxyl groups is 1. The summed E-state index contributed by atoms with van der Waals surface area (Å²) in [6, 6.07) is 10.6. The van der Waals surface area contributed by atoms with Gasteiger partial charge in [-0.2, -0.15) is 0 Å². The molecule has 2 rings (SSSR count). The highest BCUT2D eigenvalue weighted by atomic mass is 127. The van der Waals surface area contributed by atoms with Crippen LogP contribution >= 0.6 is 24.0 Å². The second kappa shape index (κ2) is 9.57. The van der Waals surface area contributed by atoms with E-state index in [1.54, 1.807) is 6.07 Å². The summed E-state index contributed by atoms with van der Waals surface area (Å²) >= 11 is 0. The smallest absolute Gasteiger partial charge is 0.406 e. The second-order valence-corrected chi connectivity index (χ2v) is 4.96. The number of nitrogens with one attached hydrogen (secondary N) is 1. The monoisotopic (exact) mass is 485 g/mol. The molecule has 0 saturated carbocycles. The van der Waals surface area contributed by atoms with Crippen molar-refractivity contribution in [3.63, 3.8) is 0 Å². The predicted octanol–water partition coefficient (Wildman–Crippen LogP) is 3.80. The summed E-state index contributed by atoms with van der Waals surface area (Å²) in [4.78, 5) is 3.87. The first-order chi connectivity index (χ1) is 11.7. The zero-order valence-electron chi connectivity index (χ0n) is 13.2. The number of halogens is 5. The lowest BCUT2D eigenvalue weighted by atomic mass is 10.1. The summed E-state index contributed by atoms with van der Waals surface area (Å²) in [5.41, 5.74) is 6.09. The molecule has 4 N–H and O–H groups in total. The number of rotatable bonds is 5. The third-order valence-electron chi connectivity index (χ3n) is 3.06. The van der Waals surface area contributed by atoms with Crippen molar-refractivity contribution in [2.75, 3.05) is 11.9 Å². The highest BCUT2D eigenvalue weighted by Crippen LogP contribution is 2.24. The number of aliphatic hydroxyl groups excluding tert-OH is 1. The van der Waals surface area contributed by atoms with Crippen LogP contribution in [0.5, 0.6) is 5.75 Å². The average molecular weight is 485 g/mol. The molecule has 0 aromatic heterocycles. The zero-order chi connectivity index (χ0) is 18.4. The third-order valence-corrected chi connectivity index (χ3v) is 3.06. The normalized spacial score (nSPS) is 12.9. The number of benzene rings is 2. The number of guanidine groups is 1. The minimum absolute atomic E-state index is 0. The lowest BCUT2D eigenvalue weighted by Crippen LogP contribution is -2.23. The van der Waals surface area contributed by atoms with Crippen LogP contribution in [0.1, 0.15) is 11.7 Å². The van der Waals surface area contributed by atoms with Gasteiger partial charge in [0.05, 0.1) is 6.54 Å². The van der Waals surface area contributed by atoms with Crippen molar-refractivity contribution < 1.29 is 27.4 Å². The summed E-state index contributed by atoms with van der Waals surface area (Å²) < 4.78 is 53.5. The first kappa shape index (κ1) is 22.0. The van der Waals surface area contributed by atoms with Crippen LogP contribution in [0.4, 0.5) is 23.2 Å². The molecule has 0 radical (unpaired) electrons. The van der Waals surface area contributed by atoms with Crippen LogP contribution in [0.15, 0.2) is 53.5 Å². The van der Waals surface area contributed by atoms with Gasteiger partial charge in [0, 0.05) is 11.3 Å². The molecule has 10 heteroatoms. The van der Waals surface area contributed by atoms with Crippen LogP contribution < -0.4 is 15.8 Å². The van der Waals surface area contributed by atoms with Crippen molar-refractivity contribution in [3.05, 3.63) is 59.9 Å². The largest absolute Gasteiger partial charge is 0.573 e. The average Bonchev–Trinajstić information content (AvgIpc) is 2.53. The van der Waals surface area contributed by atoms with Gasteiger partial charge in [-0.05, 0) is 30.3 Å². The molecule has 0 aliphatic rings. The van der Waals surface area contributed by atoms with Gasteiger partial charge in [0.1, 0.15) is 17.7 Å². The molecule has 1 unspecified atom stereocenters. The van der Waals surface area contributed by atoms with Crippen molar-refractivity contribution in [2.24, 2.45) is 10.7 Å². The predicted molar refractivity (Wildman–Crippen MR) is 100 cm³/mol. The molecule has 26 heavy (non-hydrogen) atoms. The van der Waals surface area contributed by atoms with Crippen LogP contribution in [0.3, 0.4) is 0 Å². The summed E-state index contributed by atoms with van der Waals surface area (Å²) in [7, 11) is 0. The number of nitrogens with zero attached hydrogens (tertiary/aromatic N) is 1. The van der Waals surface area contributed by atoms with Gasteiger partial charge in [0.25, 0.3) is 0 Å². The van der Waals surface area contributed by atoms with E-state index >= 15 is 0 Å². The number of alkyl halides is 3. The first-order valence-electron chi connectivity index (χ1n) is 7.10. The van der Waals surface area contributed by atoms with Crippen LogP contribution in [0.2, 0.25) is 0 Å². The molecule has 142 valence electrons. The quantitative estimate of drug-likeness (QED) is 0.261. The van der Waals surface area contributed by atoms with E-state index in [9.17, 15) is 22.7 Å². The fourth-order valence-electron chi connectivity index (χ4n) is 1.96. The van der Waals surface area contributed by atoms with Crippen molar-refractivity contribution in [1.29, 1.82) is 0 Å². The van der Waals surface area contributed by atoms with Crippen molar-refractivity contribution in [3.8, 4) is 5.75 Å². The summed E-state index contributed by atoms with van der Waals surface area (Å²) in [6.45, 7) is -0.185. The second-order valence-electron chi connectivity index (χ2n) is 4.96. The Hall–Kier alpha value is -2.08. The maximum atomic E-state index is 13.5. The van der Waals surface area contributed by atoms with E-state index in [1.165, 1.54) is 30.3 Å². The lowest BCUT2D eigenvalue weighted by Gasteiger charge is -2.11. The molecule has 0 aliphatic heterocycles. The highest BCUT2D eigenvalue weighted by molar-refractivity contribution is 14.0. The molecule has 0 saturated heterocycles. The minimum Gasteiger partial charge on any atom is -0.406 e. The highest BCUT2D eigenvalue weighted by Gasteiger charge is 2.30. The summed E-state index contributed by atoms with van der Waals surface area (Å²) in [5.74, 6) is -1.01. The molecule has 0 spiro atoms. The minimum atomic E-state index is -4.77. The molecule has 0 heterocycles. The van der Waals surface area contributed by atoms with Crippen molar-refractivity contribution >= 4 is 35.6 Å². The van der Waals surface area contributed by atoms with E-state index < -0.39 is 18.3 Å². The molecule has 1 atom stereocenters. The maximum absolute atomic E-state index is 13.5. The first-order valence-corrected chi connectivity index (χ1v) is 7.10. The van der Waals surface area contributed by atoms with Gasteiger partial charge in [0.15, 0.2) is 5.96 Å². The van der Waals surface area contributed by atoms with Gasteiger partial charge in [-0.3, -0.25) is 4.99 Å². The van der Waals surface area contributed by atoms with Gasteiger partial charge in [0.2, 0.25) is 0 Å². The van der Waals surface area contributed by atoms with Gasteiger partial charge < -0.3 is 20.9 Å². The van der Waals surface area contributed by atoms with E-state index in [4.69, 9.17) is 5.73 Å². The number of hydrogen-bond acceptors (Lipinski definition) is 3. The van der Waals surface area contributed by atoms with Crippen LogP contribution in [0, 0.1) is 5.82 Å². The van der Waals surface area contributed by atoms with Gasteiger partial charge in [-0.25, -0.2) is 4.39 Å². The Morgan fingerprint density at radius 1 is 1.15 bits per heavy atom. The molecule has 5 nitrogen and oxygen atoms in total. The Bertz CT molecular complexity index is 739. The van der Waals surface area contributed by atoms with E-state index in [1.807, 2.05) is 0 Å². The number of anilines is 1. The molecule has 0 amide bonds. The lowest BCUT2D eigenvalue weighted by molar-refractivity contribution is -0.274. The summed E-state index contributed by atoms with van der Waals surface area (Å²) in [6.07, 6.45) is -5.94. The molecule has 0 fully saturated rings. The van der Waals surface area contributed by atoms with Gasteiger partial charge >= 0.3 is 6.36 Å². The Morgan fingerprint density at radius 2 is 1.77 bits per heavy atom. The van der Waals surface area contributed by atoms with Crippen molar-refractivity contribution in [2.45, 2.75) is 12.5 Å². The molecule has 0 aliphatic carbocycles. The Labute approximate surface area is 163 Å². The van der Waals surface area contributed by atoms with Gasteiger partial charge in [-0.15, -0.1) is 37.1 Å². The Morgan fingerprint density at radius 3 is 2.35 bits per heavy atom. The van der Waals surface area contributed by atoms with E-state index in [-0.39, 0.29) is 47.8 Å². The van der Waals surface area contributed by atoms with Crippen LogP contribution in [-0.2, 0) is 0 Å². The zero-order valence-corrected chi connectivity index (χ0v) is 15.5. The standard InChI is InChI=1S/C16H15F4N3O2.HI/c17-13-4-2-1-3-12(13)14(24)9-22-15(21)23-10-5-7-11(8-6-10)25-16(18,19)20;/h1-8,14,24H,9H2,(H3,21,22,23);1H. The fourth-order valence-corrected chi connectivity index (χ4v) is 1.96. The topological polar surface area (TPSA) is 79.9 Å². The molecule has 2 aromatic rings. The van der Waals surface area contributed by atoms with Crippen LogP contribution in [0.25, 0.3) is 0 Å². The number of hydrogen-bond donors (Lipinski definition) is 3. The van der Waals surface area contributed by atoms with E-state index in [2.05, 4.69) is 15.0 Å². The van der Waals surface area contributed by atoms with E-state index in [0.717, 1.165) is 12.1 Å². The molecule has 0 bridgehead atoms. The maximum Gasteiger partial charge on any atom is 0.573 e. The number of aliphatic imine (C=N–C) groups is 1. The molecular formula is C16H16F4IN3O2. The molecular weight excluding hydrogens is 469 g/mol. The van der Waals surface area contributed by atoms with Crippen LogP contribution in [-0.4, -0.2) is 24.0 Å². The van der Waals surface area contributed by atoms with Crippen molar-refractivity contribution in [1.82, 2.24) is 0 Å². The SMILES string of the molecule is I.NC(=NCC(O)c1ccccc1F)Nc1ccc(OC(F)(F)F)cc1.